The summed E-state index contributed by atoms with van der Waals surface area (Å²) in [5.41, 5.74) is 0. The summed E-state index contributed by atoms with van der Waals surface area (Å²) in [6.45, 7) is 0.318. The van der Waals surface area contributed by atoms with Crippen LogP contribution in [0.5, 0.6) is 0 Å². The molecule has 0 aromatic heterocycles. The minimum absolute atomic E-state index is 0.101. The Hall–Kier alpha value is -0.760. The summed E-state index contributed by atoms with van der Waals surface area (Å²) < 4.78 is 36.0. The summed E-state index contributed by atoms with van der Waals surface area (Å²) >= 11 is 0. The predicted molar refractivity (Wildman–Crippen MR) is 42.9 cm³/mol. The Kier molecular flexibility index (Phi) is 3.15. The fourth-order valence-corrected chi connectivity index (χ4v) is 1.26. The number of hydrogen-bond donors (Lipinski definition) is 1. The second kappa shape index (κ2) is 3.97. The van der Waals surface area contributed by atoms with Crippen molar-refractivity contribution in [2.75, 3.05) is 20.2 Å². The normalized spacial score (nSPS) is 22.0. The first-order valence-corrected chi connectivity index (χ1v) is 5.02. The Bertz CT molecular complexity index is 333. The van der Waals surface area contributed by atoms with E-state index in [1.807, 2.05) is 30.4 Å². The van der Waals surface area contributed by atoms with Crippen molar-refractivity contribution in [3.8, 4) is 0 Å². The van der Waals surface area contributed by atoms with Crippen LogP contribution in [0.1, 0.15) is 0 Å². The maximum atomic E-state index is 10.0. The van der Waals surface area contributed by atoms with Crippen molar-refractivity contribution in [1.82, 2.24) is 0 Å². The van der Waals surface area contributed by atoms with Crippen LogP contribution in [0.3, 0.4) is 0 Å². The van der Waals surface area contributed by atoms with Crippen molar-refractivity contribution in [2.24, 2.45) is 0 Å². The van der Waals surface area contributed by atoms with E-state index in [1.54, 1.807) is 0 Å². The van der Waals surface area contributed by atoms with Crippen molar-refractivity contribution in [1.29, 1.82) is 0 Å². The smallest absolute Gasteiger partial charge is 0.335 e. The molecule has 0 saturated heterocycles. The second-order valence-corrected chi connectivity index (χ2v) is 3.72. The van der Waals surface area contributed by atoms with Crippen LogP contribution in [0.4, 0.5) is 0 Å². The Balaban J connectivity index is 2.26. The molecule has 0 fully saturated rings. The van der Waals surface area contributed by atoms with Gasteiger partial charge in [-0.25, -0.2) is 13.3 Å². The zero-order chi connectivity index (χ0) is 9.90. The molecule has 0 aliphatic carbocycles. The molecule has 1 heterocycles. The Morgan fingerprint density at radius 1 is 1.62 bits per heavy atom. The number of nitrogens with one attached hydrogen (secondary N) is 1. The first-order chi connectivity index (χ1) is 5.97. The van der Waals surface area contributed by atoms with Crippen LogP contribution in [-0.2, 0) is 14.6 Å². The lowest BCUT2D eigenvalue weighted by Gasteiger charge is -2.07. The van der Waals surface area contributed by atoms with Gasteiger partial charge in [-0.2, -0.15) is 4.58 Å². The molecule has 1 aliphatic rings. The van der Waals surface area contributed by atoms with E-state index in [0.29, 0.717) is 6.54 Å². The summed E-state index contributed by atoms with van der Waals surface area (Å²) in [4.78, 5) is 0.936. The van der Waals surface area contributed by atoms with Gasteiger partial charge in [-0.3, -0.25) is 4.18 Å². The van der Waals surface area contributed by atoms with Crippen LogP contribution in [0, 0.1) is 0 Å². The van der Waals surface area contributed by atoms with E-state index in [0.717, 1.165) is 4.90 Å². The summed E-state index contributed by atoms with van der Waals surface area (Å²) in [7, 11) is -2.69. The van der Waals surface area contributed by atoms with E-state index in [4.69, 9.17) is 0 Å². The van der Waals surface area contributed by atoms with Gasteiger partial charge in [0.25, 0.3) is 0 Å². The zero-order valence-electron chi connectivity index (χ0n) is 7.13. The van der Waals surface area contributed by atoms with Crippen LogP contribution in [0.15, 0.2) is 12.4 Å². The number of nitrogens with zero attached hydrogens (tertiary/aromatic N) is 1. The van der Waals surface area contributed by atoms with Gasteiger partial charge in [0.1, 0.15) is 20.2 Å². The molecule has 0 amide bonds. The number of rotatable bonds is 4. The van der Waals surface area contributed by atoms with Gasteiger partial charge in [-0.05, 0) is 0 Å². The third-order valence-electron chi connectivity index (χ3n) is 1.51. The summed E-state index contributed by atoms with van der Waals surface area (Å²) in [6.07, 6.45) is 5.50. The van der Waals surface area contributed by atoms with Gasteiger partial charge < -0.3 is 4.55 Å². The summed E-state index contributed by atoms with van der Waals surface area (Å²) in [6, 6.07) is 0. The predicted octanol–water partition coefficient (Wildman–Crippen LogP) is -2.50. The van der Waals surface area contributed by atoms with Crippen molar-refractivity contribution in [3.05, 3.63) is 12.4 Å². The molecule has 0 spiro atoms. The van der Waals surface area contributed by atoms with E-state index in [2.05, 4.69) is 4.18 Å². The van der Waals surface area contributed by atoms with Gasteiger partial charge in [0.2, 0.25) is 16.6 Å². The molecule has 13 heavy (non-hydrogen) atoms. The molecule has 74 valence electrons. The molecule has 0 radical (unpaired) electrons. The van der Waals surface area contributed by atoms with Crippen LogP contribution >= 0.6 is 0 Å². The van der Waals surface area contributed by atoms with Crippen molar-refractivity contribution < 1.29 is 26.6 Å². The van der Waals surface area contributed by atoms with Gasteiger partial charge in [-0.1, -0.05) is 0 Å². The standard InChI is InChI=1S/C6H10N2O4S/c1-7-2-3-8(6-7)4-5-12-13(9,10)11/h2-3,6H,4-5H2,1H3/p+1. The third-order valence-corrected chi connectivity index (χ3v) is 1.97. The molecule has 1 rings (SSSR count). The lowest BCUT2D eigenvalue weighted by molar-refractivity contribution is -0.748. The quantitative estimate of drug-likeness (QED) is 0.314. The van der Waals surface area contributed by atoms with Gasteiger partial charge in [0.05, 0.1) is 0 Å². The van der Waals surface area contributed by atoms with E-state index >= 15 is 0 Å². The summed E-state index contributed by atoms with van der Waals surface area (Å²) in [5.74, 6) is 0. The molecule has 1 N–H and O–H groups in total. The topological polar surface area (TPSA) is 73.9 Å². The zero-order valence-corrected chi connectivity index (χ0v) is 7.95. The Morgan fingerprint density at radius 2 is 2.31 bits per heavy atom. The van der Waals surface area contributed by atoms with E-state index in [9.17, 15) is 13.0 Å². The maximum absolute atomic E-state index is 10.0. The van der Waals surface area contributed by atoms with Crippen LogP contribution in [-0.4, -0.2) is 44.1 Å². The molecule has 0 aromatic rings. The van der Waals surface area contributed by atoms with Crippen molar-refractivity contribution in [2.45, 2.75) is 0 Å². The number of hydrogen-bond acceptors (Lipinski definition) is 4. The van der Waals surface area contributed by atoms with Gasteiger partial charge in [-0.15, -0.1) is 0 Å². The highest BCUT2D eigenvalue weighted by molar-refractivity contribution is 7.80. The highest BCUT2D eigenvalue weighted by Crippen LogP contribution is 1.82. The molecule has 7 heteroatoms. The van der Waals surface area contributed by atoms with Gasteiger partial charge >= 0.3 is 6.34 Å². The lowest BCUT2D eigenvalue weighted by atomic mass is 10.6. The van der Waals surface area contributed by atoms with Gasteiger partial charge in [0.15, 0.2) is 6.20 Å². The van der Waals surface area contributed by atoms with Crippen molar-refractivity contribution in [3.63, 3.8) is 0 Å². The molecule has 1 atom stereocenters. The molecule has 1 aliphatic heterocycles. The van der Waals surface area contributed by atoms with E-state index in [1.165, 1.54) is 0 Å². The fraction of sp³-hybridized carbons (Fsp3) is 0.500. The maximum Gasteiger partial charge on any atom is 0.335 e. The Labute approximate surface area is 76.7 Å². The van der Waals surface area contributed by atoms with E-state index < -0.39 is 10.4 Å². The Morgan fingerprint density at radius 3 is 2.77 bits per heavy atom. The monoisotopic (exact) mass is 207 g/mol. The fourth-order valence-electron chi connectivity index (χ4n) is 0.970. The lowest BCUT2D eigenvalue weighted by Crippen LogP contribution is -3.06. The third kappa shape index (κ3) is 4.13. The molecule has 0 bridgehead atoms. The SMILES string of the molecule is C[N+]1=C[NH+](CCOS(=O)(=O)[O-])C=C1. The minimum Gasteiger partial charge on any atom is -0.726 e. The van der Waals surface area contributed by atoms with Crippen LogP contribution in [0.2, 0.25) is 0 Å². The highest BCUT2D eigenvalue weighted by Gasteiger charge is 2.14. The van der Waals surface area contributed by atoms with Crippen LogP contribution < -0.4 is 4.90 Å². The van der Waals surface area contributed by atoms with Crippen LogP contribution in [0.25, 0.3) is 0 Å². The molecular weight excluding hydrogens is 196 g/mol. The first kappa shape index (κ1) is 10.3. The molecule has 0 aromatic carbocycles. The van der Waals surface area contributed by atoms with Crippen molar-refractivity contribution >= 4 is 16.7 Å². The van der Waals surface area contributed by atoms with E-state index in [-0.39, 0.29) is 6.61 Å². The number of quaternary nitrogens is 1. The largest absolute Gasteiger partial charge is 0.726 e. The van der Waals surface area contributed by atoms with Gasteiger partial charge in [0, 0.05) is 0 Å². The molecule has 6 nitrogen and oxygen atoms in total. The average molecular weight is 207 g/mol. The molecule has 0 saturated carbocycles. The second-order valence-electron chi connectivity index (χ2n) is 2.67. The minimum atomic E-state index is -4.54. The first-order valence-electron chi connectivity index (χ1n) is 3.68. The average Bonchev–Trinajstić information content (AvgIpc) is 2.33. The molecule has 1 unspecified atom stereocenters. The highest BCUT2D eigenvalue weighted by atomic mass is 32.3. The summed E-state index contributed by atoms with van der Waals surface area (Å²) in [5, 5.41) is 0. The molecular formula is C6H11N2O4S+.